The smallest absolute Gasteiger partial charge is 0.258 e. The highest BCUT2D eigenvalue weighted by atomic mass is 19.1. The molecule has 0 atom stereocenters. The lowest BCUT2D eigenvalue weighted by Crippen LogP contribution is -2.28. The Balaban J connectivity index is 1.51. The Morgan fingerprint density at radius 1 is 1.27 bits per heavy atom. The van der Waals surface area contributed by atoms with E-state index in [9.17, 15) is 9.18 Å². The van der Waals surface area contributed by atoms with Gasteiger partial charge in [-0.15, -0.1) is 0 Å². The number of nitrogens with one attached hydrogen (secondary N) is 1. The molecule has 2 heterocycles. The molecule has 5 nitrogen and oxygen atoms in total. The van der Waals surface area contributed by atoms with Gasteiger partial charge in [-0.25, -0.2) is 9.37 Å². The Labute approximate surface area is 126 Å². The van der Waals surface area contributed by atoms with Gasteiger partial charge >= 0.3 is 0 Å². The van der Waals surface area contributed by atoms with Crippen molar-refractivity contribution in [3.8, 4) is 5.75 Å². The van der Waals surface area contributed by atoms with Crippen LogP contribution in [0.5, 0.6) is 5.75 Å². The van der Waals surface area contributed by atoms with Crippen molar-refractivity contribution in [2.24, 2.45) is 0 Å². The number of aromatic nitrogens is 2. The Kier molecular flexibility index (Phi) is 4.00. The van der Waals surface area contributed by atoms with Gasteiger partial charge in [-0.2, -0.15) is 0 Å². The van der Waals surface area contributed by atoms with E-state index in [0.717, 1.165) is 11.3 Å². The van der Waals surface area contributed by atoms with E-state index in [-0.39, 0.29) is 12.5 Å². The average molecular weight is 299 g/mol. The minimum atomic E-state index is -0.400. The van der Waals surface area contributed by atoms with Gasteiger partial charge in [0.2, 0.25) is 0 Å². The monoisotopic (exact) mass is 299 g/mol. The average Bonchev–Trinajstić information content (AvgIpc) is 2.94. The molecule has 3 aromatic rings. The summed E-state index contributed by atoms with van der Waals surface area (Å²) in [5.41, 5.74) is 1.58. The number of imidazole rings is 1. The molecule has 0 saturated heterocycles. The van der Waals surface area contributed by atoms with E-state index in [0.29, 0.717) is 12.3 Å². The number of pyridine rings is 1. The first-order valence-corrected chi connectivity index (χ1v) is 6.78. The maximum atomic E-state index is 13.0. The van der Waals surface area contributed by atoms with Gasteiger partial charge in [0.1, 0.15) is 17.2 Å². The van der Waals surface area contributed by atoms with Crippen LogP contribution in [0.15, 0.2) is 54.9 Å². The van der Waals surface area contributed by atoms with Crippen LogP contribution in [0, 0.1) is 5.82 Å². The zero-order chi connectivity index (χ0) is 15.4. The Morgan fingerprint density at radius 2 is 2.18 bits per heavy atom. The number of amides is 1. The molecule has 0 aliphatic rings. The first kappa shape index (κ1) is 14.1. The van der Waals surface area contributed by atoms with E-state index in [1.165, 1.54) is 18.2 Å². The lowest BCUT2D eigenvalue weighted by Gasteiger charge is -2.06. The number of rotatable bonds is 5. The number of halogens is 1. The van der Waals surface area contributed by atoms with E-state index >= 15 is 0 Å². The molecule has 0 radical (unpaired) electrons. The second kappa shape index (κ2) is 6.26. The molecule has 0 unspecified atom stereocenters. The highest BCUT2D eigenvalue weighted by Crippen LogP contribution is 2.11. The molecule has 1 amide bonds. The first-order valence-electron chi connectivity index (χ1n) is 6.78. The maximum absolute atomic E-state index is 13.0. The number of nitrogens with zero attached hydrogens (tertiary/aromatic N) is 2. The summed E-state index contributed by atoms with van der Waals surface area (Å²) in [7, 11) is 0. The maximum Gasteiger partial charge on any atom is 0.258 e. The number of hydrogen-bond acceptors (Lipinski definition) is 3. The summed E-state index contributed by atoms with van der Waals surface area (Å²) in [4.78, 5) is 16.1. The van der Waals surface area contributed by atoms with Gasteiger partial charge in [0.05, 0.1) is 12.2 Å². The fraction of sp³-hybridized carbons (Fsp3) is 0.125. The summed E-state index contributed by atoms with van der Waals surface area (Å²) in [5.74, 6) is -0.369. The van der Waals surface area contributed by atoms with E-state index in [4.69, 9.17) is 4.74 Å². The van der Waals surface area contributed by atoms with Crippen molar-refractivity contribution in [3.63, 3.8) is 0 Å². The molecule has 0 spiro atoms. The molecule has 0 bridgehead atoms. The normalized spacial score (nSPS) is 10.6. The van der Waals surface area contributed by atoms with Crippen LogP contribution in [0.3, 0.4) is 0 Å². The zero-order valence-corrected chi connectivity index (χ0v) is 11.7. The van der Waals surface area contributed by atoms with Crippen molar-refractivity contribution in [1.82, 2.24) is 14.7 Å². The van der Waals surface area contributed by atoms with Crippen LogP contribution in [0.25, 0.3) is 5.65 Å². The third-order valence-electron chi connectivity index (χ3n) is 3.05. The summed E-state index contributed by atoms with van der Waals surface area (Å²) in [6.45, 7) is 0.143. The summed E-state index contributed by atoms with van der Waals surface area (Å²) in [5, 5.41) is 2.71. The lowest BCUT2D eigenvalue weighted by molar-refractivity contribution is -0.123. The van der Waals surface area contributed by atoms with Gasteiger partial charge in [-0.1, -0.05) is 12.1 Å². The van der Waals surface area contributed by atoms with Crippen LogP contribution in [-0.4, -0.2) is 21.9 Å². The molecule has 0 aliphatic heterocycles. The Bertz CT molecular complexity index is 768. The molecular weight excluding hydrogens is 285 g/mol. The van der Waals surface area contributed by atoms with E-state index < -0.39 is 5.82 Å². The van der Waals surface area contributed by atoms with Gasteiger partial charge in [-0.05, 0) is 24.3 Å². The molecular formula is C16H14FN3O2. The van der Waals surface area contributed by atoms with E-state index in [1.54, 1.807) is 6.07 Å². The van der Waals surface area contributed by atoms with Crippen molar-refractivity contribution in [3.05, 3.63) is 66.4 Å². The summed E-state index contributed by atoms with van der Waals surface area (Å²) >= 11 is 0. The summed E-state index contributed by atoms with van der Waals surface area (Å²) < 4.78 is 20.1. The van der Waals surface area contributed by atoms with Crippen molar-refractivity contribution < 1.29 is 13.9 Å². The molecule has 22 heavy (non-hydrogen) atoms. The van der Waals surface area contributed by atoms with Crippen LogP contribution < -0.4 is 10.1 Å². The van der Waals surface area contributed by atoms with Crippen LogP contribution >= 0.6 is 0 Å². The molecule has 0 aliphatic carbocycles. The van der Waals surface area contributed by atoms with Gasteiger partial charge in [-0.3, -0.25) is 4.79 Å². The quantitative estimate of drug-likeness (QED) is 0.785. The van der Waals surface area contributed by atoms with Crippen molar-refractivity contribution in [1.29, 1.82) is 0 Å². The second-order valence-electron chi connectivity index (χ2n) is 4.72. The highest BCUT2D eigenvalue weighted by Gasteiger charge is 2.06. The Hall–Kier alpha value is -2.89. The number of hydrogen-bond donors (Lipinski definition) is 1. The lowest BCUT2D eigenvalue weighted by atomic mass is 10.3. The van der Waals surface area contributed by atoms with Crippen LogP contribution in [0.1, 0.15) is 5.69 Å². The number of fused-ring (bicyclic) bond motifs is 1. The molecule has 6 heteroatoms. The van der Waals surface area contributed by atoms with Crippen molar-refractivity contribution in [2.45, 2.75) is 6.54 Å². The largest absolute Gasteiger partial charge is 0.484 e. The molecule has 3 rings (SSSR count). The predicted molar refractivity (Wildman–Crippen MR) is 78.9 cm³/mol. The van der Waals surface area contributed by atoms with Gasteiger partial charge in [0.15, 0.2) is 6.61 Å². The molecule has 1 aromatic carbocycles. The van der Waals surface area contributed by atoms with E-state index in [1.807, 2.05) is 35.0 Å². The second-order valence-corrected chi connectivity index (χ2v) is 4.72. The van der Waals surface area contributed by atoms with Gasteiger partial charge in [0, 0.05) is 18.5 Å². The van der Waals surface area contributed by atoms with Crippen LogP contribution in [0.2, 0.25) is 0 Å². The number of ether oxygens (including phenoxy) is 1. The van der Waals surface area contributed by atoms with Crippen LogP contribution in [-0.2, 0) is 11.3 Å². The Morgan fingerprint density at radius 3 is 3.00 bits per heavy atom. The number of benzene rings is 1. The molecule has 0 saturated carbocycles. The SMILES string of the molecule is O=C(COc1cccc(F)c1)NCc1cn2ccccc2n1. The molecule has 0 fully saturated rings. The molecule has 2 aromatic heterocycles. The minimum Gasteiger partial charge on any atom is -0.484 e. The minimum absolute atomic E-state index is 0.170. The first-order chi connectivity index (χ1) is 10.7. The fourth-order valence-corrected chi connectivity index (χ4v) is 2.02. The predicted octanol–water partition coefficient (Wildman–Crippen LogP) is 2.17. The van der Waals surface area contributed by atoms with Crippen molar-refractivity contribution in [2.75, 3.05) is 6.61 Å². The summed E-state index contributed by atoms with van der Waals surface area (Å²) in [6, 6.07) is 11.4. The van der Waals surface area contributed by atoms with Crippen molar-refractivity contribution >= 4 is 11.6 Å². The van der Waals surface area contributed by atoms with Gasteiger partial charge in [0.25, 0.3) is 5.91 Å². The number of carbonyl (C=O) groups is 1. The number of carbonyl (C=O) groups excluding carboxylic acids is 1. The van der Waals surface area contributed by atoms with E-state index in [2.05, 4.69) is 10.3 Å². The summed E-state index contributed by atoms with van der Waals surface area (Å²) in [6.07, 6.45) is 3.74. The standard InChI is InChI=1S/C16H14FN3O2/c17-12-4-3-5-14(8-12)22-11-16(21)18-9-13-10-20-7-2-1-6-15(20)19-13/h1-8,10H,9,11H2,(H,18,21). The molecule has 112 valence electrons. The zero-order valence-electron chi connectivity index (χ0n) is 11.7. The fourth-order valence-electron chi connectivity index (χ4n) is 2.02. The topological polar surface area (TPSA) is 55.6 Å². The highest BCUT2D eigenvalue weighted by molar-refractivity contribution is 5.77. The van der Waals surface area contributed by atoms with Gasteiger partial charge < -0.3 is 14.5 Å². The third-order valence-corrected chi connectivity index (χ3v) is 3.05. The third kappa shape index (κ3) is 3.41. The molecule has 1 N–H and O–H groups in total. The van der Waals surface area contributed by atoms with Crippen LogP contribution in [0.4, 0.5) is 4.39 Å².